The van der Waals surface area contributed by atoms with Crippen LogP contribution < -0.4 is 4.90 Å². The molecule has 2 aromatic carbocycles. The number of aromatic nitrogens is 2. The minimum atomic E-state index is -0.922. The molecule has 0 aliphatic carbocycles. The van der Waals surface area contributed by atoms with Crippen molar-refractivity contribution in [2.24, 2.45) is 0 Å². The first-order chi connectivity index (χ1) is 15.9. The number of amides is 2. The molecule has 168 valence electrons. The Morgan fingerprint density at radius 1 is 1.12 bits per heavy atom. The van der Waals surface area contributed by atoms with Gasteiger partial charge in [0.1, 0.15) is 12.0 Å². The predicted molar refractivity (Wildman–Crippen MR) is 124 cm³/mol. The Morgan fingerprint density at radius 3 is 2.55 bits per heavy atom. The summed E-state index contributed by atoms with van der Waals surface area (Å²) in [5, 5.41) is 0. The van der Waals surface area contributed by atoms with E-state index in [9.17, 15) is 14.0 Å². The summed E-state index contributed by atoms with van der Waals surface area (Å²) in [7, 11) is 0. The van der Waals surface area contributed by atoms with Crippen LogP contribution in [-0.4, -0.2) is 45.9 Å². The molecule has 6 nitrogen and oxygen atoms in total. The molecule has 0 atom stereocenters. The average Bonchev–Trinajstić information content (AvgIpc) is 3.11. The molecule has 5 rings (SSSR count). The summed E-state index contributed by atoms with van der Waals surface area (Å²) < 4.78 is 13.0. The van der Waals surface area contributed by atoms with Crippen molar-refractivity contribution in [3.63, 3.8) is 0 Å². The second kappa shape index (κ2) is 8.39. The molecule has 0 saturated carbocycles. The fourth-order valence-electron chi connectivity index (χ4n) is 4.34. The number of alkyl halides is 1. The van der Waals surface area contributed by atoms with Crippen molar-refractivity contribution in [1.82, 2.24) is 14.9 Å². The Hall–Kier alpha value is -3.61. The van der Waals surface area contributed by atoms with E-state index in [2.05, 4.69) is 24.9 Å². The van der Waals surface area contributed by atoms with E-state index in [1.165, 1.54) is 4.90 Å². The molecule has 0 N–H and O–H groups in total. The monoisotopic (exact) mass is 444 g/mol. The number of carbonyl (C=O) groups is 2. The summed E-state index contributed by atoms with van der Waals surface area (Å²) in [5.74, 6) is 1.38. The Balaban J connectivity index is 1.39. The normalized spacial score (nSPS) is 15.7. The van der Waals surface area contributed by atoms with Gasteiger partial charge in [-0.2, -0.15) is 0 Å². The Morgan fingerprint density at radius 2 is 1.85 bits per heavy atom. The van der Waals surface area contributed by atoms with Crippen LogP contribution in [-0.2, 0) is 17.8 Å². The molecule has 0 unspecified atom stereocenters. The largest absolute Gasteiger partial charge is 0.333 e. The van der Waals surface area contributed by atoms with Crippen LogP contribution in [0.25, 0.3) is 11.4 Å². The third-order valence-electron chi connectivity index (χ3n) is 6.23. The van der Waals surface area contributed by atoms with Crippen LogP contribution in [0.5, 0.6) is 0 Å². The first-order valence-electron chi connectivity index (χ1n) is 11.2. The van der Waals surface area contributed by atoms with Gasteiger partial charge in [0, 0.05) is 22.9 Å². The second-order valence-electron chi connectivity index (χ2n) is 8.95. The summed E-state index contributed by atoms with van der Waals surface area (Å²) >= 11 is 0. The van der Waals surface area contributed by atoms with Crippen molar-refractivity contribution in [2.75, 3.05) is 18.0 Å². The van der Waals surface area contributed by atoms with Crippen molar-refractivity contribution in [2.45, 2.75) is 38.9 Å². The summed E-state index contributed by atoms with van der Waals surface area (Å²) in [4.78, 5) is 37.6. The molecule has 7 heteroatoms. The molecule has 33 heavy (non-hydrogen) atoms. The standard InChI is InChI=1S/C26H25FN4O2/c1-16(2)21-5-3-4-6-22(21)24-28-12-19-11-23(32)31(25(19)29-24)13-17-7-9-18(10-8-17)26(33)30-14-20(27)15-30/h3-10,12,16,20H,11,13-15H2,1-2H3. The summed E-state index contributed by atoms with van der Waals surface area (Å²) in [5.41, 5.74) is 4.36. The molecule has 3 heterocycles. The zero-order valence-electron chi connectivity index (χ0n) is 18.7. The minimum Gasteiger partial charge on any atom is -0.333 e. The molecule has 2 aliphatic rings. The van der Waals surface area contributed by atoms with Gasteiger partial charge in [0.2, 0.25) is 5.91 Å². The Bertz CT molecular complexity index is 1220. The highest BCUT2D eigenvalue weighted by molar-refractivity contribution is 6.00. The molecule has 3 aromatic rings. The zero-order chi connectivity index (χ0) is 23.1. The molecule has 2 aliphatic heterocycles. The number of fused-ring (bicyclic) bond motifs is 1. The molecule has 0 bridgehead atoms. The molecule has 2 amide bonds. The average molecular weight is 445 g/mol. The van der Waals surface area contributed by atoms with Gasteiger partial charge in [-0.3, -0.25) is 14.5 Å². The minimum absolute atomic E-state index is 0.0247. The van der Waals surface area contributed by atoms with E-state index in [1.54, 1.807) is 23.2 Å². The maximum atomic E-state index is 13.0. The smallest absolute Gasteiger partial charge is 0.254 e. The van der Waals surface area contributed by atoms with Crippen LogP contribution in [0.4, 0.5) is 10.2 Å². The molecule has 0 spiro atoms. The molecule has 0 radical (unpaired) electrons. The van der Waals surface area contributed by atoms with Gasteiger partial charge < -0.3 is 4.90 Å². The number of carbonyl (C=O) groups excluding carboxylic acids is 2. The summed E-state index contributed by atoms with van der Waals surface area (Å²) in [6.45, 7) is 4.94. The van der Waals surface area contributed by atoms with Crippen LogP contribution in [0, 0.1) is 0 Å². The van der Waals surface area contributed by atoms with Crippen LogP contribution in [0.1, 0.15) is 46.8 Å². The van der Waals surface area contributed by atoms with E-state index < -0.39 is 6.17 Å². The SMILES string of the molecule is CC(C)c1ccccc1-c1ncc2c(n1)N(Cc1ccc(C(=O)N3CC(F)C3)cc1)C(=O)C2. The molecule has 1 fully saturated rings. The molecular weight excluding hydrogens is 419 g/mol. The van der Waals surface area contributed by atoms with Gasteiger partial charge >= 0.3 is 0 Å². The third-order valence-corrected chi connectivity index (χ3v) is 6.23. The number of benzene rings is 2. The van der Waals surface area contributed by atoms with E-state index in [-0.39, 0.29) is 31.3 Å². The lowest BCUT2D eigenvalue weighted by atomic mass is 9.97. The maximum Gasteiger partial charge on any atom is 0.254 e. The second-order valence-corrected chi connectivity index (χ2v) is 8.95. The quantitative estimate of drug-likeness (QED) is 0.593. The van der Waals surface area contributed by atoms with Crippen molar-refractivity contribution in [3.8, 4) is 11.4 Å². The number of hydrogen-bond acceptors (Lipinski definition) is 4. The van der Waals surface area contributed by atoms with Gasteiger partial charge in [0.05, 0.1) is 26.1 Å². The molecule has 1 saturated heterocycles. The first-order valence-corrected chi connectivity index (χ1v) is 11.2. The number of likely N-dealkylation sites (tertiary alicyclic amines) is 1. The fraction of sp³-hybridized carbons (Fsp3) is 0.308. The molecular formula is C26H25FN4O2. The van der Waals surface area contributed by atoms with E-state index in [0.29, 0.717) is 29.7 Å². The number of rotatable bonds is 5. The van der Waals surface area contributed by atoms with Gasteiger partial charge in [-0.1, -0.05) is 50.2 Å². The highest BCUT2D eigenvalue weighted by Gasteiger charge is 2.32. The molecule has 1 aromatic heterocycles. The summed E-state index contributed by atoms with van der Waals surface area (Å²) in [6.07, 6.45) is 1.10. The van der Waals surface area contributed by atoms with E-state index in [4.69, 9.17) is 4.98 Å². The van der Waals surface area contributed by atoms with Crippen molar-refractivity contribution < 1.29 is 14.0 Å². The van der Waals surface area contributed by atoms with Crippen LogP contribution in [0.3, 0.4) is 0 Å². The zero-order valence-corrected chi connectivity index (χ0v) is 18.7. The van der Waals surface area contributed by atoms with Gasteiger partial charge in [-0.05, 0) is 29.2 Å². The topological polar surface area (TPSA) is 66.4 Å². The van der Waals surface area contributed by atoms with Crippen molar-refractivity contribution in [1.29, 1.82) is 0 Å². The van der Waals surface area contributed by atoms with Crippen LogP contribution >= 0.6 is 0 Å². The number of halogens is 1. The van der Waals surface area contributed by atoms with Crippen molar-refractivity contribution in [3.05, 3.63) is 77.0 Å². The maximum absolute atomic E-state index is 13.0. The fourth-order valence-corrected chi connectivity index (χ4v) is 4.34. The number of anilines is 1. The van der Waals surface area contributed by atoms with Crippen molar-refractivity contribution >= 4 is 17.6 Å². The van der Waals surface area contributed by atoms with Gasteiger partial charge in [0.15, 0.2) is 5.82 Å². The van der Waals surface area contributed by atoms with E-state index >= 15 is 0 Å². The number of nitrogens with zero attached hydrogens (tertiary/aromatic N) is 4. The number of hydrogen-bond donors (Lipinski definition) is 0. The Kier molecular flexibility index (Phi) is 5.40. The third kappa shape index (κ3) is 3.99. The van der Waals surface area contributed by atoms with Gasteiger partial charge in [0.25, 0.3) is 5.91 Å². The Labute approximate surface area is 192 Å². The van der Waals surface area contributed by atoms with E-state index in [0.717, 1.165) is 22.3 Å². The first kappa shape index (κ1) is 21.2. The lowest BCUT2D eigenvalue weighted by Crippen LogP contribution is -2.51. The van der Waals surface area contributed by atoms with Crippen LogP contribution in [0.2, 0.25) is 0 Å². The predicted octanol–water partition coefficient (Wildman–Crippen LogP) is 4.15. The van der Waals surface area contributed by atoms with E-state index in [1.807, 2.05) is 30.3 Å². The van der Waals surface area contributed by atoms with Gasteiger partial charge in [-0.25, -0.2) is 14.4 Å². The lowest BCUT2D eigenvalue weighted by Gasteiger charge is -2.34. The highest BCUT2D eigenvalue weighted by Crippen LogP contribution is 2.32. The van der Waals surface area contributed by atoms with Crippen LogP contribution in [0.15, 0.2) is 54.7 Å². The summed E-state index contributed by atoms with van der Waals surface area (Å²) in [6, 6.07) is 15.2. The highest BCUT2D eigenvalue weighted by atomic mass is 19.1. The van der Waals surface area contributed by atoms with Gasteiger partial charge in [-0.15, -0.1) is 0 Å². The lowest BCUT2D eigenvalue weighted by molar-refractivity contribution is -0.117.